The van der Waals surface area contributed by atoms with Crippen molar-refractivity contribution in [3.8, 4) is 11.5 Å². The third-order valence-electron chi connectivity index (χ3n) is 6.72. The second-order valence-corrected chi connectivity index (χ2v) is 15.5. The van der Waals surface area contributed by atoms with Gasteiger partial charge in [-0.2, -0.15) is 0 Å². The first-order valence-corrected chi connectivity index (χ1v) is 18.5. The summed E-state index contributed by atoms with van der Waals surface area (Å²) in [5.74, 6) is 1.42. The number of phosphoric acid groups is 1. The topological polar surface area (TPSA) is 166 Å². The fraction of sp³-hybridized carbons (Fsp3) is 0.412. The number of hydrogen-bond acceptors (Lipinski definition) is 8. The second kappa shape index (κ2) is 15.8. The maximum absolute atomic E-state index is 12.6. The first-order valence-electron chi connectivity index (χ1n) is 14.9. The zero-order chi connectivity index (χ0) is 36.0. The molecule has 1 unspecified atom stereocenters. The third-order valence-corrected chi connectivity index (χ3v) is 7.99. The first-order chi connectivity index (χ1) is 21.5. The molecule has 2 heterocycles. The molecule has 3 N–H and O–H groups in total. The van der Waals surface area contributed by atoms with Crippen LogP contribution in [0, 0.1) is 19.3 Å². The van der Waals surface area contributed by atoms with Crippen molar-refractivity contribution >= 4 is 27.2 Å². The molecular weight excluding hydrogens is 646 g/mol. The van der Waals surface area contributed by atoms with Crippen LogP contribution < -0.4 is 4.74 Å². The molecule has 0 saturated carbocycles. The quantitative estimate of drug-likeness (QED) is 0.180. The predicted molar refractivity (Wildman–Crippen MR) is 180 cm³/mol. The van der Waals surface area contributed by atoms with E-state index in [9.17, 15) is 18.7 Å². The number of aryl methyl sites for hydroxylation is 2. The zero-order valence-electron chi connectivity index (χ0n) is 28.6. The Balaban J connectivity index is 0.000000289. The van der Waals surface area contributed by atoms with Crippen LogP contribution in [0.5, 0.6) is 11.5 Å². The van der Waals surface area contributed by atoms with Gasteiger partial charge in [0.05, 0.1) is 18.3 Å². The van der Waals surface area contributed by atoms with Crippen molar-refractivity contribution in [3.05, 3.63) is 94.0 Å². The Labute approximate surface area is 277 Å². The molecule has 0 radical (unpaired) electrons. The fourth-order valence-corrected chi connectivity index (χ4v) is 5.27. The van der Waals surface area contributed by atoms with Gasteiger partial charge < -0.3 is 24.2 Å². The summed E-state index contributed by atoms with van der Waals surface area (Å²) < 4.78 is 41.3. The van der Waals surface area contributed by atoms with Gasteiger partial charge in [-0.25, -0.2) is 9.36 Å². The van der Waals surface area contributed by atoms with E-state index < -0.39 is 21.0 Å². The lowest BCUT2D eigenvalue weighted by molar-refractivity contribution is -0.124. The van der Waals surface area contributed by atoms with Crippen LogP contribution in [0.1, 0.15) is 86.6 Å². The summed E-state index contributed by atoms with van der Waals surface area (Å²) in [7, 11) is -7.39. The van der Waals surface area contributed by atoms with Crippen LogP contribution in [0.3, 0.4) is 0 Å². The molecule has 1 atom stereocenters. The van der Waals surface area contributed by atoms with Crippen molar-refractivity contribution in [2.75, 3.05) is 13.3 Å². The summed E-state index contributed by atoms with van der Waals surface area (Å²) in [6, 6.07) is 19.7. The minimum absolute atomic E-state index is 0.139. The van der Waals surface area contributed by atoms with E-state index in [0.717, 1.165) is 46.0 Å². The van der Waals surface area contributed by atoms with Crippen molar-refractivity contribution in [1.82, 2.24) is 0 Å². The number of ketones is 1. The molecule has 0 fully saturated rings. The molecule has 2 aliphatic rings. The van der Waals surface area contributed by atoms with E-state index >= 15 is 0 Å². The van der Waals surface area contributed by atoms with Crippen LogP contribution in [-0.2, 0) is 33.3 Å². The predicted octanol–water partition coefficient (Wildman–Crippen LogP) is 7.84. The number of ether oxygens (including phenoxy) is 2. The number of carbonyl (C=O) groups excluding carboxylic acids is 2. The molecule has 2 aliphatic heterocycles. The van der Waals surface area contributed by atoms with Crippen LogP contribution >= 0.6 is 15.4 Å². The van der Waals surface area contributed by atoms with Gasteiger partial charge in [-0.05, 0) is 70.9 Å². The van der Waals surface area contributed by atoms with Crippen molar-refractivity contribution in [1.29, 1.82) is 0 Å². The Morgan fingerprint density at radius 1 is 0.894 bits per heavy atom. The minimum atomic E-state index is -3.75. The van der Waals surface area contributed by atoms with Gasteiger partial charge in [-0.1, -0.05) is 63.2 Å². The Hall–Kier alpha value is -3.14. The van der Waals surface area contributed by atoms with Crippen molar-refractivity contribution in [3.63, 3.8) is 0 Å². The highest BCUT2D eigenvalue weighted by atomic mass is 31.2. The number of esters is 1. The number of hydrogen-bond donors (Lipinski definition) is 3. The fourth-order valence-electron chi connectivity index (χ4n) is 4.35. The van der Waals surface area contributed by atoms with E-state index in [-0.39, 0.29) is 29.9 Å². The van der Waals surface area contributed by atoms with Crippen molar-refractivity contribution in [2.24, 2.45) is 5.41 Å². The average molecular weight is 693 g/mol. The molecule has 11 nitrogen and oxygen atoms in total. The van der Waals surface area contributed by atoms with Gasteiger partial charge in [0, 0.05) is 28.8 Å². The van der Waals surface area contributed by atoms with Crippen LogP contribution in [0.25, 0.3) is 0 Å². The Morgan fingerprint density at radius 3 is 1.74 bits per heavy atom. The molecule has 0 aliphatic carbocycles. The summed E-state index contributed by atoms with van der Waals surface area (Å²) in [4.78, 5) is 47.2. The minimum Gasteiger partial charge on any atom is -0.456 e. The lowest BCUT2D eigenvalue weighted by atomic mass is 9.77. The average Bonchev–Trinajstić information content (AvgIpc) is 3.19. The maximum Gasteiger partial charge on any atom is 0.472 e. The van der Waals surface area contributed by atoms with Crippen molar-refractivity contribution < 1.29 is 51.9 Å². The second-order valence-electron chi connectivity index (χ2n) is 12.4. The monoisotopic (exact) mass is 692 g/mol. The Bertz CT molecular complexity index is 1610. The van der Waals surface area contributed by atoms with Gasteiger partial charge in [0.15, 0.2) is 5.60 Å². The molecule has 47 heavy (non-hydrogen) atoms. The van der Waals surface area contributed by atoms with Gasteiger partial charge >= 0.3 is 21.4 Å². The van der Waals surface area contributed by atoms with Crippen LogP contribution in [-0.4, -0.2) is 45.8 Å². The summed E-state index contributed by atoms with van der Waals surface area (Å²) in [6.45, 7) is 17.4. The standard InChI is InChI=1S/C22H16O3.C6H12O.C5H13O4P.CH5O3P/c1-13-7-9-17-19(11-13)24-20-12-14(2)8-10-18(20)22(17)16-6-4-3-5-15(16)21(23)25-22;1-5(7)6(2,3)4;1-4-8-10(6,7)9-5(2)3;1-5(2,3)4/h3-12H,1-2H3;1-4H3;5H,4H2,1-3H3,(H,6,7);1H3,(H2,2,3,4). The smallest absolute Gasteiger partial charge is 0.456 e. The van der Waals surface area contributed by atoms with E-state index in [1.807, 2.05) is 95.3 Å². The normalized spacial score (nSPS) is 15.1. The van der Waals surface area contributed by atoms with Gasteiger partial charge in [-0.3, -0.25) is 18.4 Å². The number of fused-ring (bicyclic) bond motifs is 6. The van der Waals surface area contributed by atoms with Crippen LogP contribution in [0.2, 0.25) is 0 Å². The highest BCUT2D eigenvalue weighted by Crippen LogP contribution is 2.56. The Kier molecular flexibility index (Phi) is 13.5. The molecule has 0 aromatic heterocycles. The van der Waals surface area contributed by atoms with E-state index in [1.165, 1.54) is 0 Å². The molecule has 3 aromatic carbocycles. The molecule has 1 spiro atoms. The summed E-state index contributed by atoms with van der Waals surface area (Å²) >= 11 is 0. The lowest BCUT2D eigenvalue weighted by Gasteiger charge is -2.36. The highest BCUT2D eigenvalue weighted by molar-refractivity contribution is 7.50. The zero-order valence-corrected chi connectivity index (χ0v) is 30.3. The van der Waals surface area contributed by atoms with Gasteiger partial charge in [0.25, 0.3) is 0 Å². The molecule has 13 heteroatoms. The SMILES string of the molecule is CC(=O)C(C)(C)C.CCOP(=O)(O)OC(C)C.CP(=O)(O)O.Cc1ccc2c(c1)Oc1cc(C)ccc1C21OC(=O)c2ccccc21. The molecular formula is C34H46O11P2. The van der Waals surface area contributed by atoms with Gasteiger partial charge in [0.1, 0.15) is 17.3 Å². The highest BCUT2D eigenvalue weighted by Gasteiger charge is 2.53. The van der Waals surface area contributed by atoms with E-state index in [2.05, 4.69) is 9.05 Å². The van der Waals surface area contributed by atoms with Crippen LogP contribution in [0.15, 0.2) is 60.7 Å². The summed E-state index contributed by atoms with van der Waals surface area (Å²) in [6.07, 6.45) is -0.289. The molecule has 3 aromatic rings. The van der Waals surface area contributed by atoms with Crippen molar-refractivity contribution in [2.45, 2.75) is 74.0 Å². The number of benzene rings is 3. The number of phosphoric ester groups is 1. The lowest BCUT2D eigenvalue weighted by Crippen LogP contribution is -2.33. The van der Waals surface area contributed by atoms with Gasteiger partial charge in [0.2, 0.25) is 0 Å². The Morgan fingerprint density at radius 2 is 1.34 bits per heavy atom. The molecule has 0 amide bonds. The number of carbonyl (C=O) groups is 2. The number of rotatable bonds is 4. The van der Waals surface area contributed by atoms with E-state index in [4.69, 9.17) is 24.2 Å². The van der Waals surface area contributed by atoms with E-state index in [1.54, 1.807) is 27.7 Å². The first kappa shape index (κ1) is 40.0. The number of Topliss-reactive ketones (excluding diaryl/α,β-unsaturated/α-hetero) is 1. The van der Waals surface area contributed by atoms with Gasteiger partial charge in [-0.15, -0.1) is 0 Å². The molecule has 0 bridgehead atoms. The van der Waals surface area contributed by atoms with Crippen LogP contribution in [0.4, 0.5) is 0 Å². The maximum atomic E-state index is 12.6. The third kappa shape index (κ3) is 11.2. The molecule has 5 rings (SSSR count). The molecule has 258 valence electrons. The van der Waals surface area contributed by atoms with E-state index in [0.29, 0.717) is 5.56 Å². The molecule has 0 saturated heterocycles. The largest absolute Gasteiger partial charge is 0.472 e. The summed E-state index contributed by atoms with van der Waals surface area (Å²) in [5, 5.41) is 0. The summed E-state index contributed by atoms with van der Waals surface area (Å²) in [5.41, 5.74) is 4.34.